The number of anilines is 1. The standard InChI is InChI=1S/C17H16FN3O6.C17H18FN3O4.C12H10F2N2O4.C7H4BrF2NO3.C7H5BrF2O.C6H3BrF2O.C5H7NO2.C2H3O.CH4.Fe.Na.H2O.Pd.8Y.H/c1-6-26-17(22)15(19-4)13-11(21(23)24)7-10(16(25-5)14(13)18)12-8(2)20-27-9(12)3;1-5-24-17(22)13-12-10(20-16(13)19)6-9(15(23-4)14(12)18)11-7(2)21-25-8(11)3;1-5-9(6(2)20-15-5)7-4-8(16(17)18)10(13)11(14)12(7)19-3;1-14-7-3(8)2-4(11(12)13)5(9)6(7)10;1-11-7-4(8)2-3-5(9)6(7)10;7-3-1-2-4(8)5(9)6(3)10;1-3-8-5(7)4-6-2;1-2-3;;;;;;;;;;;;;;/h7,15H,6H2,1-3,5H3;6,20H,5,19H2,1-4H3;4H,1-3H3;2H,1H3;2-3H,1H3;1-2,10H;3-4H2,1H3;1H3;1H4;;;1H2;;;;;;;;;;/q;;;;;;;-1;;;+1;;;;;;;;;;;-1. The number of fused-ring (bicyclic) bond motifs is 1. The average molecular weight is 2800 g/mol. The molecule has 6 aromatic carbocycles. The number of phenolic OH excluding ortho intramolecular Hbond substituents is 1. The minimum absolute atomic E-state index is 0. The number of halogens is 13. The number of nitrogens with one attached hydrogen (secondary N) is 1. The van der Waals surface area contributed by atoms with Crippen LogP contribution in [-0.4, -0.2) is 132 Å². The van der Waals surface area contributed by atoms with Crippen LogP contribution in [0.25, 0.3) is 54.0 Å². The second-order valence-corrected chi connectivity index (χ2v) is 24.8. The van der Waals surface area contributed by atoms with Gasteiger partial charge in [-0.15, -0.1) is 0 Å². The summed E-state index contributed by atoms with van der Waals surface area (Å²) in [5.41, 5.74) is 6.01. The summed E-state index contributed by atoms with van der Waals surface area (Å²) in [4.78, 5) is 81.5. The molecule has 0 aliphatic rings. The monoisotopic (exact) mass is 2790 g/mol. The number of aryl methyl sites for hydroxylation is 6. The van der Waals surface area contributed by atoms with E-state index in [0.29, 0.717) is 73.2 Å². The molecule has 0 aliphatic heterocycles. The topological polar surface area (TPSA) is 452 Å². The van der Waals surface area contributed by atoms with Crippen LogP contribution in [0.2, 0.25) is 0 Å². The van der Waals surface area contributed by atoms with E-state index in [1.165, 1.54) is 53.6 Å². The van der Waals surface area contributed by atoms with Gasteiger partial charge in [0.1, 0.15) is 28.7 Å². The third-order valence-electron chi connectivity index (χ3n) is 14.9. The molecule has 0 aliphatic carbocycles. The maximum atomic E-state index is 15.2. The van der Waals surface area contributed by atoms with Crippen molar-refractivity contribution in [2.45, 2.75) is 82.7 Å². The average Bonchev–Trinajstić information content (AvgIpc) is 1.59. The fourth-order valence-corrected chi connectivity index (χ4v) is 11.4. The van der Waals surface area contributed by atoms with Crippen molar-refractivity contribution in [3.8, 4) is 67.9 Å². The van der Waals surface area contributed by atoms with Crippen LogP contribution in [0, 0.1) is 143 Å². The van der Waals surface area contributed by atoms with E-state index >= 15 is 8.78 Å². The van der Waals surface area contributed by atoms with Gasteiger partial charge in [-0.2, -0.15) is 33.3 Å². The van der Waals surface area contributed by atoms with E-state index in [-0.39, 0.29) is 417 Å². The van der Waals surface area contributed by atoms with Crippen LogP contribution in [0.1, 0.15) is 92.9 Å². The first-order chi connectivity index (χ1) is 55.6. The molecule has 0 fully saturated rings. The Morgan fingerprint density at radius 3 is 1.24 bits per heavy atom. The predicted octanol–water partition coefficient (Wildman–Crippen LogP) is 15.3. The van der Waals surface area contributed by atoms with Crippen molar-refractivity contribution >= 4 is 106 Å². The Kier molecular flexibility index (Phi) is 86.9. The molecule has 8 radical (unpaired) electrons. The molecule has 57 heteroatoms. The summed E-state index contributed by atoms with van der Waals surface area (Å²) in [7, 11) is 6.08. The number of aromatic amines is 1. The number of carbonyl (C=O) groups excluding carboxylic acids is 4. The van der Waals surface area contributed by atoms with Gasteiger partial charge < -0.3 is 83.8 Å². The number of rotatable bonds is 18. The summed E-state index contributed by atoms with van der Waals surface area (Å²) in [6, 6.07) is 7.19. The molecule has 10 aromatic rings. The van der Waals surface area contributed by atoms with E-state index in [4.69, 9.17) is 66.0 Å². The first-order valence-electron chi connectivity index (χ1n) is 32.6. The van der Waals surface area contributed by atoms with Gasteiger partial charge in [0.2, 0.25) is 34.9 Å². The number of esters is 3. The third-order valence-corrected chi connectivity index (χ3v) is 16.8. The SMILES string of the molecule is C.CCOC(=O)c1c(N)[nH]c2cc(-c3c(C)noc3C)c(OC)c(F)c12.COc1c(-c2c(C)noc2C)cc([N+](=O)[O-])c(F)c1F.COc1c(Br)cc([N+](=O)[O-])c(F)c1F.COc1c(Br)ccc(F)c1F.C[C-]=O.O.Oc1c(Br)ccc(F)c1F.[C-]#[N+]C(C(=O)OCC)c1c([N+](=O)[O-])cc(-c2c(C)noc2C)c(OC)c1F.[C-]#[N+]CC(=O)OCC.[Fe].[H-].[Na+].[Pd].[Y].[Y].[Y].[Y].[Y].[Y].[Y].[Y]. The fraction of sp³-hybridized carbons (Fsp3) is 0.284. The number of nitrogens with zero attached hydrogens (tertiary/aromatic N) is 8. The minimum atomic E-state index is -1.84. The number of carbonyl (C=O) groups is 3. The van der Waals surface area contributed by atoms with Gasteiger partial charge in [0, 0.05) is 334 Å². The van der Waals surface area contributed by atoms with Crippen molar-refractivity contribution in [2.24, 2.45) is 0 Å². The van der Waals surface area contributed by atoms with Crippen molar-refractivity contribution in [2.75, 3.05) is 67.6 Å². The number of ether oxygens (including phenoxy) is 8. The van der Waals surface area contributed by atoms with Crippen LogP contribution in [0.15, 0.2) is 75.5 Å². The van der Waals surface area contributed by atoms with Crippen LogP contribution < -0.4 is 59.0 Å². The molecule has 131 heavy (non-hydrogen) atoms. The summed E-state index contributed by atoms with van der Waals surface area (Å²) in [6.45, 7) is 29.7. The maximum Gasteiger partial charge on any atom is 1.00 e. The number of nitrogen functional groups attached to an aromatic ring is 1. The number of hydrogen-bond donors (Lipinski definition) is 3. The number of nitro groups is 3. The van der Waals surface area contributed by atoms with E-state index in [9.17, 15) is 79.8 Å². The van der Waals surface area contributed by atoms with Crippen molar-refractivity contribution in [1.82, 2.24) is 20.5 Å². The Labute approximate surface area is 1020 Å². The van der Waals surface area contributed by atoms with E-state index in [1.807, 2.05) is 0 Å². The van der Waals surface area contributed by atoms with Crippen molar-refractivity contribution in [1.29, 1.82) is 0 Å². The summed E-state index contributed by atoms with van der Waals surface area (Å²) >= 11 is 8.66. The van der Waals surface area contributed by atoms with Crippen molar-refractivity contribution in [3.05, 3.63) is 219 Å². The quantitative estimate of drug-likeness (QED) is 0.0105. The number of methoxy groups -OCH3 is 5. The molecule has 0 bridgehead atoms. The van der Waals surface area contributed by atoms with E-state index < -0.39 is 137 Å². The van der Waals surface area contributed by atoms with Gasteiger partial charge in [-0.1, -0.05) is 22.9 Å². The second-order valence-electron chi connectivity index (χ2n) is 22.2. The van der Waals surface area contributed by atoms with Crippen molar-refractivity contribution < 1.29 is 470 Å². The fourth-order valence-electron chi connectivity index (χ4n) is 10.1. The maximum absolute atomic E-state index is 15.2. The molecule has 4 heterocycles. The van der Waals surface area contributed by atoms with E-state index in [2.05, 4.69) is 92.1 Å². The minimum Gasteiger partial charge on any atom is -1.00 e. The molecule has 33 nitrogen and oxygen atoms in total. The van der Waals surface area contributed by atoms with Gasteiger partial charge in [0.05, 0.1) is 128 Å². The zero-order chi connectivity index (χ0) is 89.8. The number of aromatic hydroxyl groups is 1. The Morgan fingerprint density at radius 1 is 0.550 bits per heavy atom. The van der Waals surface area contributed by atoms with Crippen molar-refractivity contribution in [3.63, 3.8) is 0 Å². The van der Waals surface area contributed by atoms with Crippen LogP contribution in [0.5, 0.6) is 34.5 Å². The number of nitro benzene ring substituents is 3. The van der Waals surface area contributed by atoms with Gasteiger partial charge >= 0.3 is 71.4 Å². The molecular weight excluding hydrogens is 2720 g/mol. The molecule has 6 N–H and O–H groups in total. The van der Waals surface area contributed by atoms with Crippen LogP contribution >= 0.6 is 47.8 Å². The molecule has 1 unspecified atom stereocenters. The second kappa shape index (κ2) is 75.0. The first kappa shape index (κ1) is 152. The van der Waals surface area contributed by atoms with Gasteiger partial charge in [-0.3, -0.25) is 41.5 Å². The summed E-state index contributed by atoms with van der Waals surface area (Å²) in [6.07, 6.45) is 1.50. The van der Waals surface area contributed by atoms with Gasteiger partial charge in [0.15, 0.2) is 63.3 Å². The Hall–Kier alpha value is -1.94. The normalized spacial score (nSPS) is 9.33. The smallest absolute Gasteiger partial charge is 1.00 e. The molecule has 10 rings (SSSR count). The van der Waals surface area contributed by atoms with Gasteiger partial charge in [0.25, 0.3) is 5.69 Å². The molecule has 692 valence electrons. The Morgan fingerprint density at radius 2 is 0.893 bits per heavy atom. The predicted molar refractivity (Wildman–Crippen MR) is 420 cm³/mol. The van der Waals surface area contributed by atoms with Crippen LogP contribution in [0.4, 0.5) is 66.8 Å². The van der Waals surface area contributed by atoms with Gasteiger partial charge in [-0.05, 0) is 140 Å². The molecular formula is C74H73Br3F10FeN10NaO23PdY8-. The summed E-state index contributed by atoms with van der Waals surface area (Å²) < 4.78 is 188. The molecule has 0 saturated carbocycles. The van der Waals surface area contributed by atoms with Crippen LogP contribution in [0.3, 0.4) is 0 Å². The summed E-state index contributed by atoms with van der Waals surface area (Å²) in [5, 5.41) is 52.7. The number of phenols is 1. The number of benzene rings is 6. The van der Waals surface area contributed by atoms with Gasteiger partial charge in [-0.25, -0.2) is 45.1 Å². The zero-order valence-corrected chi connectivity index (χ0v) is 103. The largest absolute Gasteiger partial charge is 1.00 e. The number of aromatic nitrogens is 4. The third kappa shape index (κ3) is 40.9. The molecule has 0 amide bonds. The molecule has 4 aromatic heterocycles. The zero-order valence-electron chi connectivity index (χ0n) is 71.9. The van der Waals surface area contributed by atoms with Crippen LogP contribution in [-0.2, 0) is 328 Å². The Bertz CT molecular complexity index is 5440. The first-order valence-corrected chi connectivity index (χ1v) is 35.0. The molecule has 0 spiro atoms. The summed E-state index contributed by atoms with van der Waals surface area (Å²) in [5.74, 6) is -15.0. The molecule has 0 saturated heterocycles. The number of hydrogen-bond acceptors (Lipinski definition) is 26. The Balaban J connectivity index is -0.000000128. The van der Waals surface area contributed by atoms with E-state index in [0.717, 1.165) is 44.6 Å². The molecule has 1 atom stereocenters. The number of nitrogens with two attached hydrogens (primary N) is 1. The van der Waals surface area contributed by atoms with E-state index in [1.54, 1.807) is 61.5 Å². The number of H-pyrrole nitrogens is 1.